The first-order valence-electron chi connectivity index (χ1n) is 35.0. The molecule has 4 heteroatoms. The van der Waals surface area contributed by atoms with E-state index in [1.807, 2.05) is 0 Å². The SMILES string of the molecule is [2H]c1c([2H])c([2H])c([Si](c2c([2H])c([2H])c([2H])c([2H])c2[2H])(c2c([2H])c([2H])c([2H])c(-n3c4c([2H])c([2H])c([2H])c([2H])c4c4c([2H])c(-n5c6c([2H])c([2H])c([2H])c([2H])c6c6c([2H])c([2H])c([2H])c([2H])c65)c([2H])c([2H])c43)c2[2H])c2c([2H])c([2H])c([2H])c3c2sc2c([2H])c([2H])c([2H])c([2H])c23)c([2H])c1[2H]. The van der Waals surface area contributed by atoms with Gasteiger partial charge in [0.1, 0.15) is 0 Å². The molecule has 9 aromatic carbocycles. The maximum absolute atomic E-state index is 10.8. The van der Waals surface area contributed by atoms with Gasteiger partial charge in [-0.2, -0.15) is 0 Å². The Labute approximate surface area is 391 Å². The lowest BCUT2D eigenvalue weighted by Gasteiger charge is -2.35. The summed E-state index contributed by atoms with van der Waals surface area (Å²) in [4.78, 5) is 0. The Hall–Kier alpha value is -6.98. The van der Waals surface area contributed by atoms with E-state index in [9.17, 15) is 30.2 Å². The largest absolute Gasteiger partial charge is 0.309 e. The summed E-state index contributed by atoms with van der Waals surface area (Å²) in [6, 6.07) is -40.2. The Morgan fingerprint density at radius 2 is 0.810 bits per heavy atom. The van der Waals surface area contributed by atoms with Crippen LogP contribution < -0.4 is 20.7 Å². The molecule has 0 aliphatic rings. The highest BCUT2D eigenvalue weighted by atomic mass is 32.1. The molecule has 0 aliphatic heterocycles. The number of para-hydroxylation sites is 3. The number of fused-ring (bicyclic) bond motifs is 9. The molecule has 0 radical (unpaired) electrons. The second-order valence-electron chi connectivity index (χ2n) is 12.5. The van der Waals surface area contributed by atoms with Crippen LogP contribution in [0.4, 0.5) is 0 Å². The standard InChI is InChI=1S/C54H36N2SSi/c1-3-18-39(19-4-1)58(40-20-5-2-6-21-40,53-32-16-27-46-45-26-10-14-31-52(45)57-54(46)53)41-22-15-17-37(35-41)55-50-30-13-9-25-44(50)47-36-38(33-34-51(47)55)56-48-28-11-7-23-42(48)43-24-8-12-29-49(43)56/h1-36H/i1D,2D,3D,4D,5D,6D,7D,8D,9D,10D,11D,12D,13D,14D,15D,16D,17D,18D,19D,20D,21D,22D,23D,24D,25D,26D,27D,28D,29D,30D,31D,32D,33D,34D,35D,36D. The smallest absolute Gasteiger partial charge is 0.181 e. The molecule has 0 spiro atoms. The van der Waals surface area contributed by atoms with Crippen molar-refractivity contribution in [3.8, 4) is 11.4 Å². The first-order valence-corrected chi connectivity index (χ1v) is 19.8. The van der Waals surface area contributed by atoms with E-state index in [1.165, 1.54) is 0 Å². The fourth-order valence-corrected chi connectivity index (χ4v) is 12.7. The van der Waals surface area contributed by atoms with Crippen LogP contribution >= 0.6 is 11.3 Å². The van der Waals surface area contributed by atoms with Gasteiger partial charge in [0, 0.05) is 53.1 Å². The highest BCUT2D eigenvalue weighted by Crippen LogP contribution is 2.38. The van der Waals surface area contributed by atoms with E-state index in [1.54, 1.807) is 0 Å². The number of rotatable bonds is 6. The minimum atomic E-state index is -6.66. The van der Waals surface area contributed by atoms with Gasteiger partial charge in [-0.25, -0.2) is 0 Å². The molecule has 12 rings (SSSR count). The minimum Gasteiger partial charge on any atom is -0.309 e. The van der Waals surface area contributed by atoms with Crippen LogP contribution in [0, 0.1) is 0 Å². The van der Waals surface area contributed by atoms with Crippen molar-refractivity contribution in [2.24, 2.45) is 0 Å². The van der Waals surface area contributed by atoms with Crippen molar-refractivity contribution in [2.45, 2.75) is 0 Å². The van der Waals surface area contributed by atoms with E-state index in [2.05, 4.69) is 0 Å². The van der Waals surface area contributed by atoms with Crippen LogP contribution in [0.25, 0.3) is 75.2 Å². The molecular weight excluding hydrogens is 737 g/mol. The molecule has 2 nitrogen and oxygen atoms in total. The summed E-state index contributed by atoms with van der Waals surface area (Å²) in [6.07, 6.45) is 0. The lowest BCUT2D eigenvalue weighted by molar-refractivity contribution is 1.17. The average molecular weight is 809 g/mol. The normalized spacial score (nSPS) is 20.8. The predicted molar refractivity (Wildman–Crippen MR) is 252 cm³/mol. The molecule has 0 amide bonds. The number of hydrogen-bond donors (Lipinski definition) is 0. The van der Waals surface area contributed by atoms with E-state index in [4.69, 9.17) is 19.2 Å². The Balaban J connectivity index is 1.41. The van der Waals surface area contributed by atoms with Gasteiger partial charge in [-0.3, -0.25) is 0 Å². The van der Waals surface area contributed by atoms with Gasteiger partial charge in [0.25, 0.3) is 0 Å². The van der Waals surface area contributed by atoms with Crippen molar-refractivity contribution in [3.63, 3.8) is 0 Å². The third-order valence-corrected chi connectivity index (χ3v) is 15.1. The summed E-state index contributed by atoms with van der Waals surface area (Å²) in [6.45, 7) is 0. The van der Waals surface area contributed by atoms with Crippen LogP contribution in [-0.4, -0.2) is 17.2 Å². The van der Waals surface area contributed by atoms with Gasteiger partial charge in [0.2, 0.25) is 0 Å². The summed E-state index contributed by atoms with van der Waals surface area (Å²) in [5, 5.41) is -8.53. The van der Waals surface area contributed by atoms with Crippen LogP contribution in [-0.2, 0) is 0 Å². The highest BCUT2D eigenvalue weighted by molar-refractivity contribution is 7.30. The molecule has 12 aromatic rings. The Kier molecular flexibility index (Phi) is 2.99. The second-order valence-corrected chi connectivity index (χ2v) is 17.0. The fraction of sp³-hybridized carbons (Fsp3) is 0. The molecule has 3 heterocycles. The van der Waals surface area contributed by atoms with Crippen molar-refractivity contribution >= 4 is 104 Å². The lowest BCUT2D eigenvalue weighted by Crippen LogP contribution is -2.74. The third kappa shape index (κ3) is 4.76. The zero-order chi connectivity index (χ0) is 69.5. The van der Waals surface area contributed by atoms with Crippen LogP contribution in [0.3, 0.4) is 0 Å². The number of hydrogen-bond acceptors (Lipinski definition) is 1. The molecule has 0 aliphatic carbocycles. The molecule has 0 atom stereocenters. The van der Waals surface area contributed by atoms with E-state index in [-0.39, 0.29) is 0 Å². The molecule has 58 heavy (non-hydrogen) atoms. The number of thiophene rings is 1. The Morgan fingerprint density at radius 3 is 1.45 bits per heavy atom. The summed E-state index contributed by atoms with van der Waals surface area (Å²) < 4.78 is 337. The Morgan fingerprint density at radius 1 is 0.345 bits per heavy atom. The summed E-state index contributed by atoms with van der Waals surface area (Å²) >= 11 is 0.336. The monoisotopic (exact) mass is 808 g/mol. The van der Waals surface area contributed by atoms with Gasteiger partial charge in [0.15, 0.2) is 8.07 Å². The minimum absolute atomic E-state index is 0.336. The van der Waals surface area contributed by atoms with E-state index in [0.29, 0.717) is 20.5 Å². The first kappa shape index (κ1) is 13.3. The van der Waals surface area contributed by atoms with Gasteiger partial charge < -0.3 is 9.13 Å². The fourth-order valence-electron chi connectivity index (χ4n) is 7.34. The zero-order valence-electron chi connectivity index (χ0n) is 64.8. The molecule has 0 saturated heterocycles. The highest BCUT2D eigenvalue weighted by Gasteiger charge is 2.43. The number of aromatic nitrogens is 2. The number of benzene rings is 9. The van der Waals surface area contributed by atoms with Crippen molar-refractivity contribution in [1.82, 2.24) is 9.13 Å². The van der Waals surface area contributed by atoms with Crippen molar-refractivity contribution < 1.29 is 49.3 Å². The van der Waals surface area contributed by atoms with Crippen LogP contribution in [0.5, 0.6) is 0 Å². The van der Waals surface area contributed by atoms with Gasteiger partial charge in [-0.1, -0.05) is 163 Å². The summed E-state index contributed by atoms with van der Waals surface area (Å²) in [5.41, 5.74) is -5.36. The molecule has 0 saturated carbocycles. The molecule has 0 bridgehead atoms. The molecule has 0 fully saturated rings. The maximum Gasteiger partial charge on any atom is 0.181 e. The summed E-state index contributed by atoms with van der Waals surface area (Å²) in [5.74, 6) is 0. The number of nitrogens with zero attached hydrogens (tertiary/aromatic N) is 2. The zero-order valence-corrected chi connectivity index (χ0v) is 30.6. The molecular formula is C54H36N2SSi. The van der Waals surface area contributed by atoms with Crippen molar-refractivity contribution in [3.05, 3.63) is 218 Å². The van der Waals surface area contributed by atoms with Crippen LogP contribution in [0.2, 0.25) is 0 Å². The summed E-state index contributed by atoms with van der Waals surface area (Å²) in [7, 11) is -6.66. The van der Waals surface area contributed by atoms with E-state index >= 15 is 0 Å². The Bertz CT molecular complexity index is 5450. The lowest BCUT2D eigenvalue weighted by atomic mass is 10.1. The molecule has 0 unspecified atom stereocenters. The van der Waals surface area contributed by atoms with Crippen molar-refractivity contribution in [1.29, 1.82) is 0 Å². The van der Waals surface area contributed by atoms with Gasteiger partial charge in [-0.05, 0) is 75.1 Å². The maximum atomic E-state index is 10.8. The molecule has 272 valence electrons. The first-order chi connectivity index (χ1) is 43.8. The van der Waals surface area contributed by atoms with E-state index < -0.39 is 322 Å². The topological polar surface area (TPSA) is 9.86 Å². The quantitative estimate of drug-likeness (QED) is 0.117. The van der Waals surface area contributed by atoms with Crippen molar-refractivity contribution in [2.75, 3.05) is 0 Å². The van der Waals surface area contributed by atoms with Crippen LogP contribution in [0.1, 0.15) is 49.3 Å². The third-order valence-electron chi connectivity index (χ3n) is 9.67. The second kappa shape index (κ2) is 13.0. The molecule has 0 N–H and O–H groups in total. The average Bonchev–Trinajstić information content (AvgIpc) is 1.08. The predicted octanol–water partition coefficient (Wildman–Crippen LogP) is 11.6. The van der Waals surface area contributed by atoms with Gasteiger partial charge in [0.05, 0.1) is 71.4 Å². The van der Waals surface area contributed by atoms with Crippen LogP contribution in [0.15, 0.2) is 218 Å². The molecule has 3 aromatic heterocycles. The van der Waals surface area contributed by atoms with E-state index in [0.717, 1.165) is 0 Å². The van der Waals surface area contributed by atoms with Gasteiger partial charge in [-0.15, -0.1) is 11.3 Å². The van der Waals surface area contributed by atoms with Gasteiger partial charge >= 0.3 is 0 Å².